The molecule has 3 nitrogen and oxygen atoms in total. The first-order chi connectivity index (χ1) is 8.54. The molecule has 2 atom stereocenters. The molecular weight excluding hydrogens is 268 g/mol. The minimum absolute atomic E-state index is 0.0537. The molecule has 102 valence electrons. The highest BCUT2D eigenvalue weighted by atomic mass is 35.5. The second kappa shape index (κ2) is 7.77. The highest BCUT2D eigenvalue weighted by Crippen LogP contribution is 2.26. The molecule has 0 aliphatic carbocycles. The molecule has 0 fully saturated rings. The highest BCUT2D eigenvalue weighted by molar-refractivity contribution is 7.16. The van der Waals surface area contributed by atoms with Gasteiger partial charge in [-0.3, -0.25) is 10.1 Å². The Morgan fingerprint density at radius 2 is 2.17 bits per heavy atom. The van der Waals surface area contributed by atoms with Crippen LogP contribution in [0.4, 0.5) is 0 Å². The lowest BCUT2D eigenvalue weighted by Crippen LogP contribution is -2.43. The predicted molar refractivity (Wildman–Crippen MR) is 78.3 cm³/mol. The number of carbonyl (C=O) groups is 1. The van der Waals surface area contributed by atoms with Crippen molar-refractivity contribution in [3.8, 4) is 0 Å². The van der Waals surface area contributed by atoms with Crippen molar-refractivity contribution >= 4 is 28.8 Å². The molecule has 1 rings (SSSR count). The third-order valence-electron chi connectivity index (χ3n) is 2.74. The lowest BCUT2D eigenvalue weighted by molar-refractivity contribution is -0.122. The van der Waals surface area contributed by atoms with Crippen LogP contribution < -0.4 is 10.6 Å². The van der Waals surface area contributed by atoms with E-state index < -0.39 is 0 Å². The summed E-state index contributed by atoms with van der Waals surface area (Å²) < 4.78 is 0.777. The Bertz CT molecular complexity index is 381. The minimum Gasteiger partial charge on any atom is -0.355 e. The number of rotatable bonds is 7. The number of hydrogen-bond donors (Lipinski definition) is 2. The molecular formula is C13H21ClN2OS. The summed E-state index contributed by atoms with van der Waals surface area (Å²) in [4.78, 5) is 12.9. The second-order valence-electron chi connectivity index (χ2n) is 4.40. The number of halogens is 1. The van der Waals surface area contributed by atoms with Crippen LogP contribution in [0.5, 0.6) is 0 Å². The second-order valence-corrected chi connectivity index (χ2v) is 6.14. The molecule has 0 aromatic carbocycles. The van der Waals surface area contributed by atoms with E-state index in [-0.39, 0.29) is 18.0 Å². The summed E-state index contributed by atoms with van der Waals surface area (Å²) >= 11 is 7.44. The average Bonchev–Trinajstić information content (AvgIpc) is 2.76. The molecule has 1 amide bonds. The van der Waals surface area contributed by atoms with Gasteiger partial charge in [-0.05, 0) is 32.4 Å². The first-order valence-corrected chi connectivity index (χ1v) is 7.53. The maximum absolute atomic E-state index is 11.8. The number of unbranched alkanes of at least 4 members (excludes halogenated alkanes) is 1. The first kappa shape index (κ1) is 15.5. The van der Waals surface area contributed by atoms with Crippen LogP contribution in [0.25, 0.3) is 0 Å². The van der Waals surface area contributed by atoms with Crippen LogP contribution in [-0.4, -0.2) is 18.5 Å². The van der Waals surface area contributed by atoms with E-state index in [1.807, 2.05) is 26.0 Å². The third kappa shape index (κ3) is 4.96. The smallest absolute Gasteiger partial charge is 0.236 e. The van der Waals surface area contributed by atoms with Crippen LogP contribution in [0.2, 0.25) is 4.34 Å². The number of amides is 1. The lowest BCUT2D eigenvalue weighted by Gasteiger charge is -2.18. The van der Waals surface area contributed by atoms with Gasteiger partial charge in [0.15, 0.2) is 0 Å². The molecule has 0 bridgehead atoms. The Morgan fingerprint density at radius 3 is 2.72 bits per heavy atom. The van der Waals surface area contributed by atoms with Crippen molar-refractivity contribution in [1.82, 2.24) is 10.6 Å². The van der Waals surface area contributed by atoms with Gasteiger partial charge in [0.2, 0.25) is 5.91 Å². The van der Waals surface area contributed by atoms with E-state index in [1.54, 1.807) is 11.3 Å². The third-order valence-corrected chi connectivity index (χ3v) is 4.16. The van der Waals surface area contributed by atoms with Crippen molar-refractivity contribution in [3.05, 3.63) is 21.3 Å². The van der Waals surface area contributed by atoms with Gasteiger partial charge in [-0.1, -0.05) is 24.9 Å². The Balaban J connectivity index is 2.39. The average molecular weight is 289 g/mol. The van der Waals surface area contributed by atoms with Crippen LogP contribution in [0.3, 0.4) is 0 Å². The molecule has 18 heavy (non-hydrogen) atoms. The fourth-order valence-corrected chi connectivity index (χ4v) is 2.71. The van der Waals surface area contributed by atoms with Crippen LogP contribution in [0.15, 0.2) is 12.1 Å². The van der Waals surface area contributed by atoms with E-state index in [9.17, 15) is 4.79 Å². The zero-order chi connectivity index (χ0) is 13.5. The van der Waals surface area contributed by atoms with E-state index in [0.29, 0.717) is 0 Å². The first-order valence-electron chi connectivity index (χ1n) is 6.33. The maximum Gasteiger partial charge on any atom is 0.236 e. The summed E-state index contributed by atoms with van der Waals surface area (Å²) in [6.45, 7) is 6.78. The van der Waals surface area contributed by atoms with Gasteiger partial charge in [-0.2, -0.15) is 0 Å². The van der Waals surface area contributed by atoms with E-state index >= 15 is 0 Å². The van der Waals surface area contributed by atoms with E-state index in [1.165, 1.54) is 0 Å². The zero-order valence-electron chi connectivity index (χ0n) is 11.1. The zero-order valence-corrected chi connectivity index (χ0v) is 12.7. The maximum atomic E-state index is 11.8. The quantitative estimate of drug-likeness (QED) is 0.756. The fourth-order valence-electron chi connectivity index (χ4n) is 1.64. The van der Waals surface area contributed by atoms with Crippen molar-refractivity contribution in [2.75, 3.05) is 6.54 Å². The van der Waals surface area contributed by atoms with Gasteiger partial charge in [-0.25, -0.2) is 0 Å². The van der Waals surface area contributed by atoms with Crippen molar-refractivity contribution < 1.29 is 4.79 Å². The van der Waals surface area contributed by atoms with Gasteiger partial charge in [0.05, 0.1) is 10.4 Å². The summed E-state index contributed by atoms with van der Waals surface area (Å²) in [7, 11) is 0. The monoisotopic (exact) mass is 288 g/mol. The van der Waals surface area contributed by atoms with Gasteiger partial charge < -0.3 is 5.32 Å². The molecule has 0 radical (unpaired) electrons. The largest absolute Gasteiger partial charge is 0.355 e. The summed E-state index contributed by atoms with van der Waals surface area (Å²) in [5, 5.41) is 6.20. The minimum atomic E-state index is -0.197. The van der Waals surface area contributed by atoms with Gasteiger partial charge in [0.1, 0.15) is 0 Å². The van der Waals surface area contributed by atoms with E-state index in [2.05, 4.69) is 17.6 Å². The van der Waals surface area contributed by atoms with Crippen molar-refractivity contribution in [3.63, 3.8) is 0 Å². The SMILES string of the molecule is CCCCNC(=O)C(C)NC(C)c1ccc(Cl)s1. The highest BCUT2D eigenvalue weighted by Gasteiger charge is 2.16. The van der Waals surface area contributed by atoms with Crippen molar-refractivity contribution in [2.45, 2.75) is 45.7 Å². The molecule has 2 N–H and O–H groups in total. The Kier molecular flexibility index (Phi) is 6.68. The molecule has 0 saturated carbocycles. The fraction of sp³-hybridized carbons (Fsp3) is 0.615. The molecule has 0 aliphatic heterocycles. The van der Waals surface area contributed by atoms with Gasteiger partial charge in [-0.15, -0.1) is 11.3 Å². The number of nitrogens with one attached hydrogen (secondary N) is 2. The molecule has 1 heterocycles. The van der Waals surface area contributed by atoms with E-state index in [4.69, 9.17) is 11.6 Å². The summed E-state index contributed by atoms with van der Waals surface area (Å²) in [6.07, 6.45) is 2.11. The topological polar surface area (TPSA) is 41.1 Å². The Hall–Kier alpha value is -0.580. The van der Waals surface area contributed by atoms with Crippen LogP contribution in [0.1, 0.15) is 44.5 Å². The number of carbonyl (C=O) groups excluding carboxylic acids is 1. The lowest BCUT2D eigenvalue weighted by atomic mass is 10.2. The molecule has 0 saturated heterocycles. The Morgan fingerprint density at radius 1 is 1.44 bits per heavy atom. The van der Waals surface area contributed by atoms with Crippen molar-refractivity contribution in [1.29, 1.82) is 0 Å². The Labute approximate surface area is 118 Å². The molecule has 0 aliphatic rings. The summed E-state index contributed by atoms with van der Waals surface area (Å²) in [6, 6.07) is 3.81. The van der Waals surface area contributed by atoms with Crippen LogP contribution in [-0.2, 0) is 4.79 Å². The van der Waals surface area contributed by atoms with Crippen LogP contribution >= 0.6 is 22.9 Å². The standard InChI is InChI=1S/C13H21ClN2OS/c1-4-5-8-15-13(17)10(3)16-9(2)11-6-7-12(14)18-11/h6-7,9-10,16H,4-5,8H2,1-3H3,(H,15,17). The molecule has 1 aromatic rings. The number of thiophene rings is 1. The van der Waals surface area contributed by atoms with Crippen molar-refractivity contribution in [2.24, 2.45) is 0 Å². The summed E-state index contributed by atoms with van der Waals surface area (Å²) in [5.41, 5.74) is 0. The number of hydrogen-bond acceptors (Lipinski definition) is 3. The predicted octanol–water partition coefficient (Wildman–Crippen LogP) is 3.36. The molecule has 2 unspecified atom stereocenters. The van der Waals surface area contributed by atoms with Gasteiger partial charge in [0.25, 0.3) is 0 Å². The van der Waals surface area contributed by atoms with Crippen LogP contribution in [0, 0.1) is 0 Å². The normalized spacial score (nSPS) is 14.2. The molecule has 5 heteroatoms. The van der Waals surface area contributed by atoms with Gasteiger partial charge in [0, 0.05) is 17.5 Å². The van der Waals surface area contributed by atoms with Gasteiger partial charge >= 0.3 is 0 Å². The molecule has 0 spiro atoms. The summed E-state index contributed by atoms with van der Waals surface area (Å²) in [5.74, 6) is 0.0537. The van der Waals surface area contributed by atoms with E-state index in [0.717, 1.165) is 28.6 Å². The molecule has 1 aromatic heterocycles.